The van der Waals surface area contributed by atoms with Crippen LogP contribution in [0.3, 0.4) is 0 Å². The zero-order chi connectivity index (χ0) is 17.6. The van der Waals surface area contributed by atoms with Gasteiger partial charge < -0.3 is 14.5 Å². The summed E-state index contributed by atoms with van der Waals surface area (Å²) >= 11 is 0. The summed E-state index contributed by atoms with van der Waals surface area (Å²) in [7, 11) is 2.07. The van der Waals surface area contributed by atoms with Gasteiger partial charge in [0.15, 0.2) is 0 Å². The summed E-state index contributed by atoms with van der Waals surface area (Å²) < 4.78 is 5.42. The van der Waals surface area contributed by atoms with Gasteiger partial charge in [-0.15, -0.1) is 0 Å². The van der Waals surface area contributed by atoms with Crippen LogP contribution in [0.2, 0.25) is 0 Å². The first-order valence-electron chi connectivity index (χ1n) is 9.58. The molecule has 0 unspecified atom stereocenters. The number of morpholine rings is 1. The van der Waals surface area contributed by atoms with Crippen LogP contribution < -0.4 is 4.90 Å². The highest BCUT2D eigenvalue weighted by atomic mass is 16.5. The van der Waals surface area contributed by atoms with Crippen LogP contribution in [0.5, 0.6) is 0 Å². The Hall–Kier alpha value is -1.59. The Morgan fingerprint density at radius 2 is 1.76 bits per heavy atom. The first-order valence-corrected chi connectivity index (χ1v) is 9.58. The molecular weight excluding hydrogens is 314 g/mol. The molecule has 2 saturated heterocycles. The second kappa shape index (κ2) is 8.68. The Morgan fingerprint density at radius 1 is 1.12 bits per heavy atom. The maximum atomic E-state index is 12.7. The SMILES string of the molecule is CCN(C)c1ccc(C(=O)N2CCC(CN3CCOCC3)CC2)cc1. The summed E-state index contributed by atoms with van der Waals surface area (Å²) in [5.74, 6) is 0.887. The summed E-state index contributed by atoms with van der Waals surface area (Å²) in [6.07, 6.45) is 2.22. The largest absolute Gasteiger partial charge is 0.379 e. The topological polar surface area (TPSA) is 36.0 Å². The number of benzene rings is 1. The van der Waals surface area contributed by atoms with E-state index >= 15 is 0 Å². The molecule has 0 radical (unpaired) electrons. The molecular formula is C20H31N3O2. The molecule has 138 valence electrons. The monoisotopic (exact) mass is 345 g/mol. The summed E-state index contributed by atoms with van der Waals surface area (Å²) in [4.78, 5) is 19.4. The molecule has 2 fully saturated rings. The lowest BCUT2D eigenvalue weighted by molar-refractivity contribution is 0.0243. The third-order valence-corrected chi connectivity index (χ3v) is 5.55. The lowest BCUT2D eigenvalue weighted by Gasteiger charge is -2.36. The third-order valence-electron chi connectivity index (χ3n) is 5.55. The van der Waals surface area contributed by atoms with Gasteiger partial charge in [0, 0.05) is 57.6 Å². The summed E-state index contributed by atoms with van der Waals surface area (Å²) in [6, 6.07) is 8.01. The fourth-order valence-corrected chi connectivity index (χ4v) is 3.69. The third kappa shape index (κ3) is 4.73. The Bertz CT molecular complexity index is 547. The van der Waals surface area contributed by atoms with Crippen molar-refractivity contribution < 1.29 is 9.53 Å². The number of likely N-dealkylation sites (tertiary alicyclic amines) is 1. The minimum absolute atomic E-state index is 0.176. The Balaban J connectivity index is 1.49. The van der Waals surface area contributed by atoms with E-state index in [9.17, 15) is 4.79 Å². The van der Waals surface area contributed by atoms with Crippen LogP contribution >= 0.6 is 0 Å². The van der Waals surface area contributed by atoms with Crippen molar-refractivity contribution in [3.63, 3.8) is 0 Å². The lowest BCUT2D eigenvalue weighted by atomic mass is 9.95. The molecule has 1 amide bonds. The first kappa shape index (κ1) is 18.2. The zero-order valence-corrected chi connectivity index (χ0v) is 15.6. The standard InChI is InChI=1S/C20H31N3O2/c1-3-21(2)19-6-4-18(5-7-19)20(24)23-10-8-17(9-11-23)16-22-12-14-25-15-13-22/h4-7,17H,3,8-16H2,1-2H3. The van der Waals surface area contributed by atoms with Gasteiger partial charge in [0.2, 0.25) is 0 Å². The molecule has 0 saturated carbocycles. The molecule has 0 aromatic heterocycles. The normalized spacial score (nSPS) is 19.8. The van der Waals surface area contributed by atoms with Crippen molar-refractivity contribution in [3.05, 3.63) is 29.8 Å². The molecule has 2 aliphatic heterocycles. The van der Waals surface area contributed by atoms with Gasteiger partial charge in [-0.3, -0.25) is 9.69 Å². The molecule has 1 aromatic rings. The molecule has 2 aliphatic rings. The maximum absolute atomic E-state index is 12.7. The zero-order valence-electron chi connectivity index (χ0n) is 15.6. The Labute approximate surface area is 151 Å². The predicted octanol–water partition coefficient (Wildman–Crippen LogP) is 2.33. The second-order valence-electron chi connectivity index (χ2n) is 7.21. The number of ether oxygens (including phenoxy) is 1. The van der Waals surface area contributed by atoms with Crippen LogP contribution in [0.4, 0.5) is 5.69 Å². The Kier molecular flexibility index (Phi) is 6.32. The average Bonchev–Trinajstić information content (AvgIpc) is 2.68. The van der Waals surface area contributed by atoms with Gasteiger partial charge >= 0.3 is 0 Å². The van der Waals surface area contributed by atoms with E-state index in [1.165, 1.54) is 0 Å². The fraction of sp³-hybridized carbons (Fsp3) is 0.650. The number of hydrogen-bond acceptors (Lipinski definition) is 4. The number of amides is 1. The van der Waals surface area contributed by atoms with Gasteiger partial charge in [-0.25, -0.2) is 0 Å². The van der Waals surface area contributed by atoms with Crippen LogP contribution in [0, 0.1) is 5.92 Å². The van der Waals surface area contributed by atoms with Crippen molar-refractivity contribution in [2.45, 2.75) is 19.8 Å². The van der Waals surface area contributed by atoms with Crippen LogP contribution in [0.1, 0.15) is 30.1 Å². The number of rotatable bonds is 5. The highest BCUT2D eigenvalue weighted by Crippen LogP contribution is 2.21. The second-order valence-corrected chi connectivity index (χ2v) is 7.21. The van der Waals surface area contributed by atoms with Gasteiger partial charge in [0.1, 0.15) is 0 Å². The molecule has 5 heteroatoms. The van der Waals surface area contributed by atoms with Crippen LogP contribution in [0.15, 0.2) is 24.3 Å². The predicted molar refractivity (Wildman–Crippen MR) is 101 cm³/mol. The van der Waals surface area contributed by atoms with Crippen LogP contribution in [-0.4, -0.2) is 75.2 Å². The summed E-state index contributed by atoms with van der Waals surface area (Å²) in [5.41, 5.74) is 1.96. The minimum atomic E-state index is 0.176. The van der Waals surface area contributed by atoms with E-state index in [1.807, 2.05) is 29.2 Å². The van der Waals surface area contributed by atoms with Gasteiger partial charge in [0.05, 0.1) is 13.2 Å². The first-order chi connectivity index (χ1) is 12.2. The van der Waals surface area contributed by atoms with E-state index in [1.54, 1.807) is 0 Å². The molecule has 0 N–H and O–H groups in total. The van der Waals surface area contributed by atoms with E-state index < -0.39 is 0 Å². The van der Waals surface area contributed by atoms with Crippen LogP contribution in [-0.2, 0) is 4.74 Å². The Morgan fingerprint density at radius 3 is 2.36 bits per heavy atom. The highest BCUT2D eigenvalue weighted by Gasteiger charge is 2.25. The van der Waals surface area contributed by atoms with E-state index in [0.29, 0.717) is 5.92 Å². The molecule has 0 bridgehead atoms. The molecule has 2 heterocycles. The van der Waals surface area contributed by atoms with Crippen molar-refractivity contribution in [3.8, 4) is 0 Å². The van der Waals surface area contributed by atoms with Crippen molar-refractivity contribution >= 4 is 11.6 Å². The van der Waals surface area contributed by atoms with E-state index in [-0.39, 0.29) is 5.91 Å². The van der Waals surface area contributed by atoms with Crippen LogP contribution in [0.25, 0.3) is 0 Å². The molecule has 5 nitrogen and oxygen atoms in total. The van der Waals surface area contributed by atoms with E-state index in [2.05, 4.69) is 23.8 Å². The molecule has 0 atom stereocenters. The smallest absolute Gasteiger partial charge is 0.253 e. The number of piperidine rings is 1. The van der Waals surface area contributed by atoms with E-state index in [4.69, 9.17) is 4.74 Å². The van der Waals surface area contributed by atoms with Crippen molar-refractivity contribution in [2.24, 2.45) is 5.92 Å². The molecule has 1 aromatic carbocycles. The minimum Gasteiger partial charge on any atom is -0.379 e. The summed E-state index contributed by atoms with van der Waals surface area (Å²) in [5, 5.41) is 0. The number of carbonyl (C=O) groups is 1. The van der Waals surface area contributed by atoms with Crippen molar-refractivity contribution in [1.29, 1.82) is 0 Å². The molecule has 3 rings (SSSR count). The summed E-state index contributed by atoms with van der Waals surface area (Å²) in [6.45, 7) is 9.83. The molecule has 25 heavy (non-hydrogen) atoms. The lowest BCUT2D eigenvalue weighted by Crippen LogP contribution is -2.44. The number of carbonyl (C=O) groups excluding carboxylic acids is 1. The van der Waals surface area contributed by atoms with E-state index in [0.717, 1.165) is 76.6 Å². The maximum Gasteiger partial charge on any atom is 0.253 e. The highest BCUT2D eigenvalue weighted by molar-refractivity contribution is 5.94. The van der Waals surface area contributed by atoms with Gasteiger partial charge in [-0.05, 0) is 49.9 Å². The quantitative estimate of drug-likeness (QED) is 0.821. The van der Waals surface area contributed by atoms with Gasteiger partial charge in [0.25, 0.3) is 5.91 Å². The van der Waals surface area contributed by atoms with Crippen molar-refractivity contribution in [1.82, 2.24) is 9.80 Å². The number of nitrogens with zero attached hydrogens (tertiary/aromatic N) is 3. The fourth-order valence-electron chi connectivity index (χ4n) is 3.69. The average molecular weight is 345 g/mol. The number of hydrogen-bond donors (Lipinski definition) is 0. The number of anilines is 1. The molecule has 0 spiro atoms. The van der Waals surface area contributed by atoms with Crippen molar-refractivity contribution in [2.75, 3.05) is 64.4 Å². The molecule has 0 aliphatic carbocycles. The van der Waals surface area contributed by atoms with Gasteiger partial charge in [-0.1, -0.05) is 0 Å². The van der Waals surface area contributed by atoms with Gasteiger partial charge in [-0.2, -0.15) is 0 Å².